The van der Waals surface area contributed by atoms with Crippen molar-refractivity contribution in [3.63, 3.8) is 0 Å². The molecule has 34 heavy (non-hydrogen) atoms. The Morgan fingerprint density at radius 3 is 2.65 bits per heavy atom. The largest absolute Gasteiger partial charge is 0.484 e. The molecule has 0 bridgehead atoms. The van der Waals surface area contributed by atoms with Crippen molar-refractivity contribution in [2.45, 2.75) is 13.3 Å². The summed E-state index contributed by atoms with van der Waals surface area (Å²) in [6.07, 6.45) is 2.39. The Morgan fingerprint density at radius 2 is 1.91 bits per heavy atom. The second kappa shape index (κ2) is 11.1. The topological polar surface area (TPSA) is 88.4 Å². The van der Waals surface area contributed by atoms with Crippen molar-refractivity contribution in [1.29, 1.82) is 0 Å². The van der Waals surface area contributed by atoms with Gasteiger partial charge in [0.2, 0.25) is 0 Å². The minimum absolute atomic E-state index is 0.0986. The quantitative estimate of drug-likeness (QED) is 0.520. The van der Waals surface area contributed by atoms with E-state index in [0.717, 1.165) is 38.5 Å². The van der Waals surface area contributed by atoms with Gasteiger partial charge in [0.15, 0.2) is 6.61 Å². The summed E-state index contributed by atoms with van der Waals surface area (Å²) in [5, 5.41) is 2.99. The van der Waals surface area contributed by atoms with Gasteiger partial charge in [0.05, 0.1) is 24.5 Å². The first-order chi connectivity index (χ1) is 16.6. The Balaban J connectivity index is 1.46. The number of nitrogens with one attached hydrogen (secondary N) is 1. The number of aryl methyl sites for hydroxylation is 1. The first kappa shape index (κ1) is 23.7. The number of imidazole rings is 1. The number of para-hydroxylation sites is 1. The standard InChI is InChI=1S/C25H31N5O4/c1-3-21-25(28(2)23(31)18-34-20-7-5-4-6-8-20)30-17-19(9-10-22(30)27-21)24(32)26-11-12-29-13-15-33-16-14-29/h4-10,17H,3,11-16,18H2,1-2H3,(H,26,32). The number of nitrogens with zero attached hydrogens (tertiary/aromatic N) is 4. The summed E-state index contributed by atoms with van der Waals surface area (Å²) >= 11 is 0. The van der Waals surface area contributed by atoms with E-state index in [2.05, 4.69) is 15.2 Å². The van der Waals surface area contributed by atoms with Gasteiger partial charge in [-0.15, -0.1) is 0 Å². The molecule has 0 saturated carbocycles. The SMILES string of the molecule is CCc1nc2ccc(C(=O)NCCN3CCOCC3)cn2c1N(C)C(=O)COc1ccccc1. The smallest absolute Gasteiger partial charge is 0.265 e. The summed E-state index contributed by atoms with van der Waals surface area (Å²) in [5.41, 5.74) is 1.97. The first-order valence-electron chi connectivity index (χ1n) is 11.6. The van der Waals surface area contributed by atoms with Gasteiger partial charge in [-0.3, -0.25) is 23.8 Å². The highest BCUT2D eigenvalue weighted by molar-refractivity contribution is 5.96. The monoisotopic (exact) mass is 465 g/mol. The van der Waals surface area contributed by atoms with E-state index in [4.69, 9.17) is 9.47 Å². The summed E-state index contributed by atoms with van der Waals surface area (Å²) < 4.78 is 12.8. The molecule has 0 unspecified atom stereocenters. The van der Waals surface area contributed by atoms with E-state index in [-0.39, 0.29) is 18.4 Å². The van der Waals surface area contributed by atoms with Crippen LogP contribution >= 0.6 is 0 Å². The van der Waals surface area contributed by atoms with Crippen molar-refractivity contribution in [3.8, 4) is 5.75 Å². The van der Waals surface area contributed by atoms with Crippen LogP contribution in [0.15, 0.2) is 48.7 Å². The fourth-order valence-corrected chi connectivity index (χ4v) is 3.94. The molecule has 1 N–H and O–H groups in total. The Bertz CT molecular complexity index is 1130. The molecule has 1 aromatic carbocycles. The lowest BCUT2D eigenvalue weighted by molar-refractivity contribution is -0.120. The molecule has 4 rings (SSSR count). The number of morpholine rings is 1. The zero-order valence-corrected chi connectivity index (χ0v) is 19.7. The van der Waals surface area contributed by atoms with E-state index >= 15 is 0 Å². The molecule has 1 saturated heterocycles. The second-order valence-corrected chi connectivity index (χ2v) is 8.15. The maximum atomic E-state index is 12.9. The van der Waals surface area contributed by atoms with Crippen molar-refractivity contribution in [2.24, 2.45) is 0 Å². The van der Waals surface area contributed by atoms with Gasteiger partial charge in [-0.25, -0.2) is 4.98 Å². The zero-order chi connectivity index (χ0) is 23.9. The Labute approximate surface area is 199 Å². The van der Waals surface area contributed by atoms with Crippen LogP contribution in [0.2, 0.25) is 0 Å². The van der Waals surface area contributed by atoms with Crippen LogP contribution in [-0.2, 0) is 16.0 Å². The molecule has 9 heteroatoms. The molecule has 180 valence electrons. The molecule has 1 aliphatic rings. The highest BCUT2D eigenvalue weighted by Gasteiger charge is 2.21. The van der Waals surface area contributed by atoms with Crippen LogP contribution in [0.1, 0.15) is 23.0 Å². The van der Waals surface area contributed by atoms with E-state index in [1.165, 1.54) is 0 Å². The fourth-order valence-electron chi connectivity index (χ4n) is 3.94. The fraction of sp³-hybridized carbons (Fsp3) is 0.400. The molecule has 1 fully saturated rings. The molecule has 3 heterocycles. The third-order valence-corrected chi connectivity index (χ3v) is 5.87. The van der Waals surface area contributed by atoms with E-state index in [9.17, 15) is 9.59 Å². The van der Waals surface area contributed by atoms with Crippen LogP contribution in [-0.4, -0.2) is 79.1 Å². The van der Waals surface area contributed by atoms with Crippen LogP contribution in [0.25, 0.3) is 5.65 Å². The van der Waals surface area contributed by atoms with E-state index in [1.807, 2.05) is 37.3 Å². The molecule has 9 nitrogen and oxygen atoms in total. The van der Waals surface area contributed by atoms with Gasteiger partial charge in [0.1, 0.15) is 17.2 Å². The Kier molecular flexibility index (Phi) is 7.76. The highest BCUT2D eigenvalue weighted by Crippen LogP contribution is 2.23. The predicted molar refractivity (Wildman–Crippen MR) is 130 cm³/mol. The van der Waals surface area contributed by atoms with Crippen LogP contribution in [0.3, 0.4) is 0 Å². The molecule has 1 aliphatic heterocycles. The van der Waals surface area contributed by atoms with Crippen molar-refractivity contribution in [2.75, 3.05) is 57.9 Å². The summed E-state index contributed by atoms with van der Waals surface area (Å²) in [6.45, 7) is 6.47. The minimum atomic E-state index is -0.208. The van der Waals surface area contributed by atoms with Gasteiger partial charge in [-0.1, -0.05) is 25.1 Å². The number of likely N-dealkylation sites (N-methyl/N-ethyl adjacent to an activating group) is 1. The van der Waals surface area contributed by atoms with Crippen molar-refractivity contribution in [3.05, 3.63) is 59.9 Å². The number of benzene rings is 1. The number of aromatic nitrogens is 2. The number of carbonyl (C=O) groups is 2. The van der Waals surface area contributed by atoms with Gasteiger partial charge in [0.25, 0.3) is 11.8 Å². The van der Waals surface area contributed by atoms with Crippen LogP contribution in [0.4, 0.5) is 5.82 Å². The molecule has 0 aliphatic carbocycles. The van der Waals surface area contributed by atoms with E-state index < -0.39 is 0 Å². The number of carbonyl (C=O) groups excluding carboxylic acids is 2. The zero-order valence-electron chi connectivity index (χ0n) is 19.7. The number of amides is 2. The van der Waals surface area contributed by atoms with Gasteiger partial charge in [0, 0.05) is 39.4 Å². The maximum absolute atomic E-state index is 12.9. The number of fused-ring (bicyclic) bond motifs is 1. The summed E-state index contributed by atoms with van der Waals surface area (Å²) in [7, 11) is 1.70. The lowest BCUT2D eigenvalue weighted by Gasteiger charge is -2.26. The molecular weight excluding hydrogens is 434 g/mol. The average Bonchev–Trinajstić information content (AvgIpc) is 3.25. The van der Waals surface area contributed by atoms with Crippen LogP contribution < -0.4 is 15.0 Å². The van der Waals surface area contributed by atoms with Crippen LogP contribution in [0.5, 0.6) is 5.75 Å². The summed E-state index contributed by atoms with van der Waals surface area (Å²) in [4.78, 5) is 34.2. The number of pyridine rings is 1. The number of hydrogen-bond donors (Lipinski definition) is 1. The molecular formula is C25H31N5O4. The molecule has 2 aromatic heterocycles. The first-order valence-corrected chi connectivity index (χ1v) is 11.6. The molecule has 2 amide bonds. The minimum Gasteiger partial charge on any atom is -0.484 e. The van der Waals surface area contributed by atoms with Gasteiger partial charge < -0.3 is 14.8 Å². The third kappa shape index (κ3) is 5.55. The molecule has 0 spiro atoms. The van der Waals surface area contributed by atoms with E-state index in [1.54, 1.807) is 34.7 Å². The maximum Gasteiger partial charge on any atom is 0.265 e. The highest BCUT2D eigenvalue weighted by atomic mass is 16.5. The third-order valence-electron chi connectivity index (χ3n) is 5.87. The molecule has 3 aromatic rings. The lowest BCUT2D eigenvalue weighted by atomic mass is 10.2. The predicted octanol–water partition coefficient (Wildman–Crippen LogP) is 2.00. The molecule has 0 radical (unpaired) electrons. The van der Waals surface area contributed by atoms with Gasteiger partial charge in [-0.05, 0) is 30.7 Å². The second-order valence-electron chi connectivity index (χ2n) is 8.15. The number of rotatable bonds is 9. The summed E-state index contributed by atoms with van der Waals surface area (Å²) in [5.74, 6) is 0.909. The average molecular weight is 466 g/mol. The number of ether oxygens (including phenoxy) is 2. The van der Waals surface area contributed by atoms with Crippen molar-refractivity contribution < 1.29 is 19.1 Å². The Morgan fingerprint density at radius 1 is 1.15 bits per heavy atom. The van der Waals surface area contributed by atoms with Crippen LogP contribution in [0, 0.1) is 0 Å². The number of anilines is 1. The molecule has 0 atom stereocenters. The summed E-state index contributed by atoms with van der Waals surface area (Å²) in [6, 6.07) is 12.8. The normalized spacial score (nSPS) is 14.2. The van der Waals surface area contributed by atoms with Gasteiger partial charge >= 0.3 is 0 Å². The van der Waals surface area contributed by atoms with Crippen molar-refractivity contribution >= 4 is 23.3 Å². The number of hydrogen-bond acceptors (Lipinski definition) is 6. The van der Waals surface area contributed by atoms with E-state index in [0.29, 0.717) is 35.7 Å². The van der Waals surface area contributed by atoms with Gasteiger partial charge in [-0.2, -0.15) is 0 Å². The van der Waals surface area contributed by atoms with Crippen molar-refractivity contribution in [1.82, 2.24) is 19.6 Å². The lowest BCUT2D eigenvalue weighted by Crippen LogP contribution is -2.41. The Hall–Kier alpha value is -3.43.